The molecular formula is C28H36N2O10. The highest BCUT2D eigenvalue weighted by molar-refractivity contribution is 5.88. The number of aromatic nitrogens is 1. The van der Waals surface area contributed by atoms with Gasteiger partial charge in [0.1, 0.15) is 5.60 Å². The molecule has 0 bridgehead atoms. The Kier molecular flexibility index (Phi) is 10.1. The second kappa shape index (κ2) is 13.1. The molecule has 2 aromatic rings. The topological polar surface area (TPSA) is 187 Å². The summed E-state index contributed by atoms with van der Waals surface area (Å²) in [6.45, 7) is 5.37. The SMILES string of the molecule is CCOc1ccc(CN2C[C@@H]3CC[C@@](O)(c4ccccn4)[C@@H]3C2)cc1OC.O=C(O)CC(O)(CC(=O)O)C(=O)O. The third-order valence-electron chi connectivity index (χ3n) is 7.35. The fourth-order valence-electron chi connectivity index (χ4n) is 5.51. The second-order valence-electron chi connectivity index (χ2n) is 10.1. The molecule has 5 N–H and O–H groups in total. The predicted molar refractivity (Wildman–Crippen MR) is 141 cm³/mol. The summed E-state index contributed by atoms with van der Waals surface area (Å²) < 4.78 is 11.1. The molecule has 2 aliphatic rings. The quantitative estimate of drug-likeness (QED) is 0.269. The number of methoxy groups -OCH3 is 1. The summed E-state index contributed by atoms with van der Waals surface area (Å²) in [4.78, 5) is 37.4. The molecule has 0 unspecified atom stereocenters. The Morgan fingerprint density at radius 3 is 2.33 bits per heavy atom. The Labute approximate surface area is 231 Å². The average molecular weight is 561 g/mol. The van der Waals surface area contributed by atoms with E-state index in [1.54, 1.807) is 13.3 Å². The summed E-state index contributed by atoms with van der Waals surface area (Å²) in [6, 6.07) is 12.0. The van der Waals surface area contributed by atoms with Gasteiger partial charge in [-0.25, -0.2) is 4.79 Å². The molecule has 40 heavy (non-hydrogen) atoms. The van der Waals surface area contributed by atoms with Gasteiger partial charge in [-0.3, -0.25) is 19.5 Å². The van der Waals surface area contributed by atoms with Crippen LogP contribution in [-0.4, -0.2) is 85.7 Å². The first-order valence-corrected chi connectivity index (χ1v) is 13.0. The van der Waals surface area contributed by atoms with Gasteiger partial charge in [0, 0.05) is 31.7 Å². The maximum atomic E-state index is 11.4. The normalized spacial score (nSPS) is 22.1. The van der Waals surface area contributed by atoms with Gasteiger partial charge in [0.2, 0.25) is 0 Å². The lowest BCUT2D eigenvalue weighted by Gasteiger charge is -2.29. The molecule has 12 nitrogen and oxygen atoms in total. The molecule has 4 rings (SSSR count). The van der Waals surface area contributed by atoms with Gasteiger partial charge < -0.3 is 35.0 Å². The third-order valence-corrected chi connectivity index (χ3v) is 7.35. The number of fused-ring (bicyclic) bond motifs is 1. The number of benzene rings is 1. The maximum absolute atomic E-state index is 11.4. The highest BCUT2D eigenvalue weighted by Gasteiger charge is 2.53. The first-order valence-electron chi connectivity index (χ1n) is 13.0. The van der Waals surface area contributed by atoms with E-state index in [0.717, 1.165) is 49.7 Å². The minimum Gasteiger partial charge on any atom is -0.493 e. The van der Waals surface area contributed by atoms with Crippen LogP contribution in [0.4, 0.5) is 0 Å². The summed E-state index contributed by atoms with van der Waals surface area (Å²) in [6.07, 6.45) is 1.35. The molecule has 1 saturated heterocycles. The molecule has 1 aliphatic carbocycles. The lowest BCUT2D eigenvalue weighted by atomic mass is 9.85. The van der Waals surface area contributed by atoms with Gasteiger partial charge in [0.05, 0.1) is 32.3 Å². The number of hydrogen-bond acceptors (Lipinski definition) is 9. The number of aliphatic carboxylic acids is 3. The fraction of sp³-hybridized carbons (Fsp3) is 0.500. The molecule has 0 spiro atoms. The maximum Gasteiger partial charge on any atom is 0.336 e. The summed E-state index contributed by atoms with van der Waals surface area (Å²) in [5, 5.41) is 45.2. The van der Waals surface area contributed by atoms with E-state index in [1.165, 1.54) is 5.56 Å². The van der Waals surface area contributed by atoms with E-state index in [4.69, 9.17) is 29.9 Å². The van der Waals surface area contributed by atoms with Crippen molar-refractivity contribution in [3.8, 4) is 11.5 Å². The second-order valence-corrected chi connectivity index (χ2v) is 10.1. The van der Waals surface area contributed by atoms with Crippen LogP contribution in [-0.2, 0) is 26.5 Å². The number of aliphatic hydroxyl groups is 2. The minimum atomic E-state index is -2.74. The lowest BCUT2D eigenvalue weighted by Crippen LogP contribution is -2.42. The van der Waals surface area contributed by atoms with E-state index in [-0.39, 0.29) is 5.92 Å². The molecule has 218 valence electrons. The van der Waals surface area contributed by atoms with E-state index in [2.05, 4.69) is 22.0 Å². The van der Waals surface area contributed by atoms with Crippen molar-refractivity contribution in [2.75, 3.05) is 26.8 Å². The van der Waals surface area contributed by atoms with Gasteiger partial charge in [-0.1, -0.05) is 12.1 Å². The predicted octanol–water partition coefficient (Wildman–Crippen LogP) is 1.97. The van der Waals surface area contributed by atoms with Crippen LogP contribution >= 0.6 is 0 Å². The molecular weight excluding hydrogens is 524 g/mol. The molecule has 1 aliphatic heterocycles. The van der Waals surface area contributed by atoms with E-state index in [9.17, 15) is 19.5 Å². The van der Waals surface area contributed by atoms with Crippen molar-refractivity contribution in [3.05, 3.63) is 53.9 Å². The fourth-order valence-corrected chi connectivity index (χ4v) is 5.51. The largest absolute Gasteiger partial charge is 0.493 e. The highest BCUT2D eigenvalue weighted by Crippen LogP contribution is 2.50. The van der Waals surface area contributed by atoms with Crippen molar-refractivity contribution in [2.45, 2.75) is 50.4 Å². The van der Waals surface area contributed by atoms with Crippen molar-refractivity contribution < 1.29 is 49.4 Å². The van der Waals surface area contributed by atoms with Crippen molar-refractivity contribution in [1.29, 1.82) is 0 Å². The van der Waals surface area contributed by atoms with Gasteiger partial charge in [0.15, 0.2) is 17.1 Å². The molecule has 12 heteroatoms. The van der Waals surface area contributed by atoms with E-state index in [0.29, 0.717) is 12.5 Å². The average Bonchev–Trinajstić information content (AvgIpc) is 3.44. The number of likely N-dealkylation sites (tertiary alicyclic amines) is 1. The van der Waals surface area contributed by atoms with Crippen molar-refractivity contribution >= 4 is 17.9 Å². The van der Waals surface area contributed by atoms with E-state index < -0.39 is 42.0 Å². The Morgan fingerprint density at radius 2 is 1.77 bits per heavy atom. The molecule has 0 radical (unpaired) electrons. The number of carbonyl (C=O) groups is 3. The number of carboxylic acids is 3. The number of hydrogen-bond donors (Lipinski definition) is 5. The lowest BCUT2D eigenvalue weighted by molar-refractivity contribution is -0.170. The van der Waals surface area contributed by atoms with E-state index in [1.807, 2.05) is 31.2 Å². The number of pyridine rings is 1. The van der Waals surface area contributed by atoms with Crippen LogP contribution in [0.1, 0.15) is 43.9 Å². The summed E-state index contributed by atoms with van der Waals surface area (Å²) in [5.41, 5.74) is -1.51. The minimum absolute atomic E-state index is 0.247. The molecule has 0 amide bonds. The van der Waals surface area contributed by atoms with Crippen molar-refractivity contribution in [3.63, 3.8) is 0 Å². The van der Waals surface area contributed by atoms with Crippen LogP contribution in [0.2, 0.25) is 0 Å². The van der Waals surface area contributed by atoms with Crippen LogP contribution in [0.3, 0.4) is 0 Å². The van der Waals surface area contributed by atoms with Crippen LogP contribution in [0, 0.1) is 11.8 Å². The third kappa shape index (κ3) is 7.26. The number of ether oxygens (including phenoxy) is 2. The van der Waals surface area contributed by atoms with Gasteiger partial charge in [0.25, 0.3) is 0 Å². The van der Waals surface area contributed by atoms with Crippen LogP contribution in [0.15, 0.2) is 42.6 Å². The van der Waals surface area contributed by atoms with Gasteiger partial charge in [-0.15, -0.1) is 0 Å². The summed E-state index contributed by atoms with van der Waals surface area (Å²) in [7, 11) is 1.68. The molecule has 2 heterocycles. The Bertz CT molecular complexity index is 1170. The molecule has 1 saturated carbocycles. The highest BCUT2D eigenvalue weighted by atomic mass is 16.5. The first-order chi connectivity index (χ1) is 18.9. The molecule has 2 fully saturated rings. The Hall–Kier alpha value is -3.74. The van der Waals surface area contributed by atoms with Gasteiger partial charge >= 0.3 is 17.9 Å². The zero-order valence-electron chi connectivity index (χ0n) is 22.5. The number of rotatable bonds is 11. The van der Waals surface area contributed by atoms with Crippen LogP contribution in [0.5, 0.6) is 11.5 Å². The molecule has 1 aromatic carbocycles. The van der Waals surface area contributed by atoms with Gasteiger partial charge in [-0.05, 0) is 55.5 Å². The van der Waals surface area contributed by atoms with Gasteiger partial charge in [-0.2, -0.15) is 0 Å². The zero-order chi connectivity index (χ0) is 29.5. The van der Waals surface area contributed by atoms with E-state index >= 15 is 0 Å². The monoisotopic (exact) mass is 560 g/mol. The molecule has 3 atom stereocenters. The zero-order valence-corrected chi connectivity index (χ0v) is 22.5. The smallest absolute Gasteiger partial charge is 0.336 e. The number of nitrogens with zero attached hydrogens (tertiary/aromatic N) is 2. The van der Waals surface area contributed by atoms with Crippen molar-refractivity contribution in [2.24, 2.45) is 11.8 Å². The standard InChI is InChI=1S/C22H28N2O3.C6H8O7/c1-3-27-19-8-7-16(12-20(19)26-2)13-24-14-17-9-10-22(25,18(17)15-24)21-6-4-5-11-23-21;7-3(8)1-6(13,5(11)12)2-4(9)10/h4-8,11-12,17-18,25H,3,9-10,13-15H2,1-2H3;13H,1-2H2,(H,7,8)(H,9,10)(H,11,12)/t17-,18+,22-;/m0./s1. The first kappa shape index (κ1) is 30.8. The summed E-state index contributed by atoms with van der Waals surface area (Å²) in [5.74, 6) is -2.68. The Balaban J connectivity index is 0.000000289. The van der Waals surface area contributed by atoms with Crippen molar-refractivity contribution in [1.82, 2.24) is 9.88 Å². The van der Waals surface area contributed by atoms with Crippen LogP contribution < -0.4 is 9.47 Å². The Morgan fingerprint density at radius 1 is 1.07 bits per heavy atom. The van der Waals surface area contributed by atoms with Crippen LogP contribution in [0.25, 0.3) is 0 Å². The number of carboxylic acid groups (broad SMARTS) is 3. The summed E-state index contributed by atoms with van der Waals surface area (Å²) >= 11 is 0. The molecule has 1 aromatic heterocycles.